The molecule has 0 unspecified atom stereocenters. The number of halogens is 2. The molecule has 1 aromatic heterocycles. The number of rotatable bonds is 6. The molecule has 3 N–H and O–H groups in total. The number of anilines is 3. The van der Waals surface area contributed by atoms with Gasteiger partial charge < -0.3 is 20.9 Å². The maximum absolute atomic E-state index is 12.2. The van der Waals surface area contributed by atoms with E-state index in [2.05, 4.69) is 16.0 Å². The van der Waals surface area contributed by atoms with Gasteiger partial charge in [0.15, 0.2) is 0 Å². The van der Waals surface area contributed by atoms with Gasteiger partial charge in [-0.3, -0.25) is 0 Å². The van der Waals surface area contributed by atoms with Crippen molar-refractivity contribution in [1.29, 1.82) is 0 Å². The van der Waals surface area contributed by atoms with E-state index in [1.165, 1.54) is 0 Å². The number of hydrogen-bond donors (Lipinski definition) is 3. The Morgan fingerprint density at radius 2 is 1.73 bits per heavy atom. The molecule has 1 saturated carbocycles. The van der Waals surface area contributed by atoms with Gasteiger partial charge >= 0.3 is 6.03 Å². The fourth-order valence-corrected chi connectivity index (χ4v) is 4.72. The van der Waals surface area contributed by atoms with Crippen LogP contribution < -0.4 is 20.9 Å². The summed E-state index contributed by atoms with van der Waals surface area (Å²) in [6, 6.07) is 13.1. The molecule has 33 heavy (non-hydrogen) atoms. The van der Waals surface area contributed by atoms with Crippen molar-refractivity contribution in [2.45, 2.75) is 31.7 Å². The minimum atomic E-state index is -0.255. The second-order valence-corrected chi connectivity index (χ2v) is 9.51. The van der Waals surface area contributed by atoms with Gasteiger partial charge in [0.25, 0.3) is 0 Å². The first kappa shape index (κ1) is 23.4. The van der Waals surface area contributed by atoms with Crippen molar-refractivity contribution in [2.24, 2.45) is 5.92 Å². The van der Waals surface area contributed by atoms with Gasteiger partial charge in [0.1, 0.15) is 5.82 Å². The number of nitrogens with one attached hydrogen (secondary N) is 3. The summed E-state index contributed by atoms with van der Waals surface area (Å²) >= 11 is 12.0. The SMILES string of the molecule is CN(C)c1nc(N[C@H]2CC[C@@H](CNC(=O)Nc3cc(Cl)cc(Cl)c3)CC2)nc2ccccc12. The van der Waals surface area contributed by atoms with Crippen LogP contribution in [0.2, 0.25) is 10.0 Å². The number of carbonyl (C=O) groups excluding carboxylic acids is 1. The fraction of sp³-hybridized carbons (Fsp3) is 0.375. The highest BCUT2D eigenvalue weighted by atomic mass is 35.5. The van der Waals surface area contributed by atoms with Gasteiger partial charge in [-0.25, -0.2) is 9.78 Å². The zero-order valence-corrected chi connectivity index (χ0v) is 20.2. The van der Waals surface area contributed by atoms with E-state index < -0.39 is 0 Å². The predicted molar refractivity (Wildman–Crippen MR) is 137 cm³/mol. The van der Waals surface area contributed by atoms with Gasteiger partial charge in [0, 0.05) is 47.8 Å². The van der Waals surface area contributed by atoms with Crippen molar-refractivity contribution < 1.29 is 4.79 Å². The standard InChI is InChI=1S/C24H28Cl2N6O/c1-32(2)22-20-5-3-4-6-21(20)30-23(31-22)28-18-9-7-15(8-10-18)14-27-24(33)29-19-12-16(25)11-17(26)13-19/h3-6,11-13,15,18H,7-10,14H2,1-2H3,(H2,27,29,33)(H,28,30,31)/t15-,18+. The molecule has 9 heteroatoms. The molecule has 0 spiro atoms. The number of aromatic nitrogens is 2. The molecule has 0 aliphatic heterocycles. The molecule has 4 rings (SSSR count). The lowest BCUT2D eigenvalue weighted by Gasteiger charge is -2.29. The van der Waals surface area contributed by atoms with E-state index in [-0.39, 0.29) is 6.03 Å². The quantitative estimate of drug-likeness (QED) is 0.410. The van der Waals surface area contributed by atoms with E-state index in [0.717, 1.165) is 42.4 Å². The van der Waals surface area contributed by atoms with Crippen LogP contribution in [-0.2, 0) is 0 Å². The van der Waals surface area contributed by atoms with Crippen LogP contribution in [0.15, 0.2) is 42.5 Å². The molecular weight excluding hydrogens is 459 g/mol. The van der Waals surface area contributed by atoms with Gasteiger partial charge in [0.2, 0.25) is 5.95 Å². The monoisotopic (exact) mass is 486 g/mol. The zero-order valence-electron chi connectivity index (χ0n) is 18.7. The van der Waals surface area contributed by atoms with Crippen LogP contribution in [0.25, 0.3) is 10.9 Å². The summed E-state index contributed by atoms with van der Waals surface area (Å²) in [6.07, 6.45) is 4.06. The predicted octanol–water partition coefficient (Wildman–Crippen LogP) is 5.80. The van der Waals surface area contributed by atoms with Crippen LogP contribution in [0, 0.1) is 5.92 Å². The zero-order chi connectivity index (χ0) is 23.4. The molecule has 0 radical (unpaired) electrons. The molecule has 0 saturated heterocycles. The first-order valence-electron chi connectivity index (χ1n) is 11.1. The summed E-state index contributed by atoms with van der Waals surface area (Å²) in [5.74, 6) is 2.01. The number of benzene rings is 2. The molecule has 1 heterocycles. The molecule has 3 aromatic rings. The molecule has 174 valence electrons. The lowest BCUT2D eigenvalue weighted by molar-refractivity contribution is 0.246. The van der Waals surface area contributed by atoms with Crippen molar-refractivity contribution >= 4 is 57.6 Å². The number of carbonyl (C=O) groups is 1. The molecule has 1 aliphatic carbocycles. The minimum Gasteiger partial charge on any atom is -0.362 e. The van der Waals surface area contributed by atoms with Gasteiger partial charge in [-0.1, -0.05) is 35.3 Å². The highest BCUT2D eigenvalue weighted by Gasteiger charge is 2.22. The first-order valence-corrected chi connectivity index (χ1v) is 11.8. The van der Waals surface area contributed by atoms with Gasteiger partial charge in [-0.05, 0) is 61.9 Å². The highest BCUT2D eigenvalue weighted by molar-refractivity contribution is 6.35. The minimum absolute atomic E-state index is 0.255. The highest BCUT2D eigenvalue weighted by Crippen LogP contribution is 2.28. The van der Waals surface area contributed by atoms with E-state index in [0.29, 0.717) is 40.2 Å². The Balaban J connectivity index is 1.27. The van der Waals surface area contributed by atoms with E-state index in [1.54, 1.807) is 18.2 Å². The van der Waals surface area contributed by atoms with Crippen molar-refractivity contribution in [3.05, 3.63) is 52.5 Å². The number of amides is 2. The van der Waals surface area contributed by atoms with E-state index >= 15 is 0 Å². The van der Waals surface area contributed by atoms with Gasteiger partial charge in [-0.15, -0.1) is 0 Å². The molecule has 2 aromatic carbocycles. The molecule has 2 amide bonds. The Kier molecular flexibility index (Phi) is 7.40. The number of para-hydroxylation sites is 1. The summed E-state index contributed by atoms with van der Waals surface area (Å²) in [5.41, 5.74) is 1.51. The number of hydrogen-bond acceptors (Lipinski definition) is 5. The number of nitrogens with zero attached hydrogens (tertiary/aromatic N) is 3. The summed E-state index contributed by atoms with van der Waals surface area (Å²) in [7, 11) is 3.99. The van der Waals surface area contributed by atoms with Crippen LogP contribution in [0.3, 0.4) is 0 Å². The second-order valence-electron chi connectivity index (χ2n) is 8.64. The van der Waals surface area contributed by atoms with Crippen LogP contribution in [0.5, 0.6) is 0 Å². The van der Waals surface area contributed by atoms with Crippen LogP contribution in [0.4, 0.5) is 22.2 Å². The van der Waals surface area contributed by atoms with E-state index in [1.807, 2.05) is 43.3 Å². The lowest BCUT2D eigenvalue weighted by Crippen LogP contribution is -2.36. The van der Waals surface area contributed by atoms with Gasteiger partial charge in [0.05, 0.1) is 5.52 Å². The van der Waals surface area contributed by atoms with Crippen LogP contribution in [0.1, 0.15) is 25.7 Å². The maximum Gasteiger partial charge on any atom is 0.319 e. The molecule has 7 nitrogen and oxygen atoms in total. The second kappa shape index (κ2) is 10.4. The van der Waals surface area contributed by atoms with Crippen molar-refractivity contribution in [3.63, 3.8) is 0 Å². The Labute approximate surface area is 203 Å². The van der Waals surface area contributed by atoms with Crippen molar-refractivity contribution in [2.75, 3.05) is 36.2 Å². The molecule has 0 atom stereocenters. The summed E-state index contributed by atoms with van der Waals surface area (Å²) in [5, 5.41) is 11.3. The van der Waals surface area contributed by atoms with Crippen molar-refractivity contribution in [1.82, 2.24) is 15.3 Å². The topological polar surface area (TPSA) is 82.2 Å². The Morgan fingerprint density at radius 1 is 1.03 bits per heavy atom. The average Bonchev–Trinajstić information content (AvgIpc) is 2.77. The largest absolute Gasteiger partial charge is 0.362 e. The van der Waals surface area contributed by atoms with E-state index in [4.69, 9.17) is 33.2 Å². The summed E-state index contributed by atoms with van der Waals surface area (Å²) in [4.78, 5) is 23.7. The number of urea groups is 1. The maximum atomic E-state index is 12.2. The third-order valence-corrected chi connectivity index (χ3v) is 6.29. The normalized spacial score (nSPS) is 18.1. The Bertz CT molecular complexity index is 1110. The first-order chi connectivity index (χ1) is 15.9. The summed E-state index contributed by atoms with van der Waals surface area (Å²) in [6.45, 7) is 0.629. The third kappa shape index (κ3) is 6.18. The smallest absolute Gasteiger partial charge is 0.319 e. The van der Waals surface area contributed by atoms with Crippen LogP contribution >= 0.6 is 23.2 Å². The van der Waals surface area contributed by atoms with Crippen LogP contribution in [-0.4, -0.2) is 42.7 Å². The molecular formula is C24H28Cl2N6O. The number of fused-ring (bicyclic) bond motifs is 1. The van der Waals surface area contributed by atoms with Gasteiger partial charge in [-0.2, -0.15) is 4.98 Å². The Morgan fingerprint density at radius 3 is 2.42 bits per heavy atom. The third-order valence-electron chi connectivity index (χ3n) is 5.86. The fourth-order valence-electron chi connectivity index (χ4n) is 4.20. The van der Waals surface area contributed by atoms with Crippen molar-refractivity contribution in [3.8, 4) is 0 Å². The average molecular weight is 487 g/mol. The van der Waals surface area contributed by atoms with E-state index in [9.17, 15) is 4.79 Å². The lowest BCUT2D eigenvalue weighted by atomic mass is 9.86. The molecule has 0 bridgehead atoms. The molecule has 1 aliphatic rings. The molecule has 1 fully saturated rings. The summed E-state index contributed by atoms with van der Waals surface area (Å²) < 4.78 is 0. The Hall–Kier alpha value is -2.77.